The van der Waals surface area contributed by atoms with Crippen LogP contribution in [0.1, 0.15) is 13.3 Å². The Morgan fingerprint density at radius 3 is 3.10 bits per heavy atom. The van der Waals surface area contributed by atoms with Crippen molar-refractivity contribution < 1.29 is 4.79 Å². The van der Waals surface area contributed by atoms with Crippen LogP contribution in [0.3, 0.4) is 0 Å². The topological polar surface area (TPSA) is 61.4 Å². The number of fused-ring (bicyclic) bond motifs is 1. The molecule has 6 nitrogen and oxygen atoms in total. The van der Waals surface area contributed by atoms with Crippen LogP contribution in [0, 0.1) is 0 Å². The molecule has 1 N–H and O–H groups in total. The van der Waals surface area contributed by atoms with Gasteiger partial charge in [0.2, 0.25) is 0 Å². The molecule has 0 aliphatic carbocycles. The number of nitrogens with one attached hydrogen (secondary N) is 1. The Bertz CT molecular complexity index is 596. The maximum absolute atomic E-state index is 11.9. The molecule has 0 atom stereocenters. The van der Waals surface area contributed by atoms with E-state index in [1.54, 1.807) is 17.5 Å². The van der Waals surface area contributed by atoms with Gasteiger partial charge in [-0.15, -0.1) is 0 Å². The number of aromatic nitrogens is 2. The largest absolute Gasteiger partial charge is 0.346 e. The number of pyridine rings is 1. The average molecular weight is 305 g/mol. The van der Waals surface area contributed by atoms with Gasteiger partial charge in [-0.2, -0.15) is 0 Å². The molecular formula is C14H19N5OS. The second-order valence-corrected chi connectivity index (χ2v) is 5.94. The molecule has 3 heterocycles. The second kappa shape index (κ2) is 6.26. The fourth-order valence-electron chi connectivity index (χ4n) is 2.47. The van der Waals surface area contributed by atoms with Gasteiger partial charge in [-0.05, 0) is 25.5 Å². The number of thiazole rings is 1. The van der Waals surface area contributed by atoms with Crippen molar-refractivity contribution in [1.29, 1.82) is 0 Å². The highest BCUT2D eigenvalue weighted by Crippen LogP contribution is 2.27. The lowest BCUT2D eigenvalue weighted by Gasteiger charge is -2.21. The average Bonchev–Trinajstić information content (AvgIpc) is 2.76. The second-order valence-electron chi connectivity index (χ2n) is 4.99. The maximum Gasteiger partial charge on any atom is 0.317 e. The Kier molecular flexibility index (Phi) is 4.19. The van der Waals surface area contributed by atoms with Crippen molar-refractivity contribution >= 4 is 32.8 Å². The first-order chi connectivity index (χ1) is 10.3. The van der Waals surface area contributed by atoms with Gasteiger partial charge in [-0.25, -0.2) is 14.8 Å². The number of urea groups is 1. The summed E-state index contributed by atoms with van der Waals surface area (Å²) in [7, 11) is 0. The quantitative estimate of drug-likeness (QED) is 0.921. The van der Waals surface area contributed by atoms with Gasteiger partial charge in [0.05, 0.1) is 0 Å². The number of carbonyl (C=O) groups is 1. The van der Waals surface area contributed by atoms with Gasteiger partial charge < -0.3 is 15.1 Å². The molecule has 7 heteroatoms. The van der Waals surface area contributed by atoms with Crippen molar-refractivity contribution in [3.8, 4) is 0 Å². The zero-order chi connectivity index (χ0) is 14.7. The van der Waals surface area contributed by atoms with E-state index < -0.39 is 0 Å². The number of hydrogen-bond acceptors (Lipinski definition) is 5. The van der Waals surface area contributed by atoms with E-state index in [9.17, 15) is 4.79 Å². The van der Waals surface area contributed by atoms with Crippen molar-refractivity contribution in [2.75, 3.05) is 37.6 Å². The lowest BCUT2D eigenvalue weighted by atomic mass is 10.4. The molecular weight excluding hydrogens is 286 g/mol. The van der Waals surface area contributed by atoms with Crippen molar-refractivity contribution in [3.05, 3.63) is 18.3 Å². The van der Waals surface area contributed by atoms with Crippen LogP contribution in [0.5, 0.6) is 0 Å². The first kappa shape index (κ1) is 14.1. The van der Waals surface area contributed by atoms with Gasteiger partial charge >= 0.3 is 6.03 Å². The number of rotatable bonds is 2. The van der Waals surface area contributed by atoms with Gasteiger partial charge in [-0.1, -0.05) is 11.3 Å². The van der Waals surface area contributed by atoms with Gasteiger partial charge in [0, 0.05) is 38.9 Å². The molecule has 0 unspecified atom stereocenters. The van der Waals surface area contributed by atoms with Crippen molar-refractivity contribution in [1.82, 2.24) is 20.2 Å². The predicted molar refractivity (Wildman–Crippen MR) is 84.9 cm³/mol. The summed E-state index contributed by atoms with van der Waals surface area (Å²) in [5.74, 6) is 0. The fraction of sp³-hybridized carbons (Fsp3) is 0.500. The van der Waals surface area contributed by atoms with Gasteiger partial charge in [0.25, 0.3) is 0 Å². The van der Waals surface area contributed by atoms with Gasteiger partial charge in [-0.3, -0.25) is 0 Å². The highest BCUT2D eigenvalue weighted by Gasteiger charge is 2.20. The van der Waals surface area contributed by atoms with E-state index >= 15 is 0 Å². The van der Waals surface area contributed by atoms with Crippen molar-refractivity contribution in [3.63, 3.8) is 0 Å². The summed E-state index contributed by atoms with van der Waals surface area (Å²) in [5.41, 5.74) is 0.947. The van der Waals surface area contributed by atoms with E-state index in [4.69, 9.17) is 0 Å². The van der Waals surface area contributed by atoms with Crippen molar-refractivity contribution in [2.24, 2.45) is 0 Å². The normalized spacial score (nSPS) is 16.0. The molecule has 1 aliphatic rings. The lowest BCUT2D eigenvalue weighted by molar-refractivity contribution is 0.202. The Labute approximate surface area is 127 Å². The number of hydrogen-bond donors (Lipinski definition) is 1. The molecule has 1 aliphatic heterocycles. The van der Waals surface area contributed by atoms with E-state index in [-0.39, 0.29) is 6.03 Å². The SMILES string of the molecule is CCNC(=O)N1CCCN(c2nc3cccnc3s2)CC1. The highest BCUT2D eigenvalue weighted by atomic mass is 32.1. The third-order valence-corrected chi connectivity index (χ3v) is 4.58. The number of carbonyl (C=O) groups excluding carboxylic acids is 1. The molecule has 2 aromatic heterocycles. The third-order valence-electron chi connectivity index (χ3n) is 3.54. The molecule has 21 heavy (non-hydrogen) atoms. The Balaban J connectivity index is 1.71. The molecule has 0 spiro atoms. The van der Waals surface area contributed by atoms with E-state index in [1.165, 1.54) is 0 Å². The van der Waals surface area contributed by atoms with Crippen LogP contribution in [0.15, 0.2) is 18.3 Å². The fourth-order valence-corrected chi connectivity index (χ4v) is 3.43. The Morgan fingerprint density at radius 1 is 1.38 bits per heavy atom. The predicted octanol–water partition coefficient (Wildman–Crippen LogP) is 1.93. The number of anilines is 1. The lowest BCUT2D eigenvalue weighted by Crippen LogP contribution is -2.41. The van der Waals surface area contributed by atoms with Crippen LogP contribution in [0.4, 0.5) is 9.93 Å². The van der Waals surface area contributed by atoms with Crippen LogP contribution in [0.2, 0.25) is 0 Å². The van der Waals surface area contributed by atoms with Crippen LogP contribution in [-0.4, -0.2) is 53.6 Å². The summed E-state index contributed by atoms with van der Waals surface area (Å²) >= 11 is 1.62. The summed E-state index contributed by atoms with van der Waals surface area (Å²) in [6.07, 6.45) is 2.75. The molecule has 1 fully saturated rings. The Morgan fingerprint density at radius 2 is 2.29 bits per heavy atom. The molecule has 0 saturated carbocycles. The molecule has 0 bridgehead atoms. The van der Waals surface area contributed by atoms with Crippen molar-refractivity contribution in [2.45, 2.75) is 13.3 Å². The summed E-state index contributed by atoms with van der Waals surface area (Å²) in [5, 5.41) is 3.87. The van der Waals surface area contributed by atoms with Crippen LogP contribution >= 0.6 is 11.3 Å². The van der Waals surface area contributed by atoms with E-state index in [0.29, 0.717) is 6.54 Å². The first-order valence-corrected chi connectivity index (χ1v) is 8.09. The summed E-state index contributed by atoms with van der Waals surface area (Å²) in [4.78, 5) is 26.0. The van der Waals surface area contributed by atoms with Gasteiger partial charge in [0.1, 0.15) is 10.3 Å². The minimum absolute atomic E-state index is 0.0327. The number of nitrogens with zero attached hydrogens (tertiary/aromatic N) is 4. The zero-order valence-corrected chi connectivity index (χ0v) is 12.9. The molecule has 2 aromatic rings. The molecule has 3 rings (SSSR count). The highest BCUT2D eigenvalue weighted by molar-refractivity contribution is 7.21. The molecule has 2 amide bonds. The van der Waals surface area contributed by atoms with Crippen LogP contribution in [-0.2, 0) is 0 Å². The van der Waals surface area contributed by atoms with Gasteiger partial charge in [0.15, 0.2) is 5.13 Å². The van der Waals surface area contributed by atoms with E-state index in [0.717, 1.165) is 48.1 Å². The molecule has 0 aromatic carbocycles. The smallest absolute Gasteiger partial charge is 0.317 e. The first-order valence-electron chi connectivity index (χ1n) is 7.27. The molecule has 112 valence electrons. The van der Waals surface area contributed by atoms with Crippen LogP contribution < -0.4 is 10.2 Å². The zero-order valence-electron chi connectivity index (χ0n) is 12.1. The van der Waals surface area contributed by atoms with E-state index in [1.807, 2.05) is 24.0 Å². The minimum Gasteiger partial charge on any atom is -0.346 e. The summed E-state index contributed by atoms with van der Waals surface area (Å²) in [6.45, 7) is 5.88. The molecule has 1 saturated heterocycles. The third kappa shape index (κ3) is 3.07. The Hall–Kier alpha value is -1.89. The standard InChI is InChI=1S/C14H19N5OS/c1-2-15-13(20)18-7-4-8-19(10-9-18)14-17-11-5-3-6-16-12(11)21-14/h3,5-6H,2,4,7-10H2,1H3,(H,15,20). The minimum atomic E-state index is 0.0327. The summed E-state index contributed by atoms with van der Waals surface area (Å²) in [6, 6.07) is 3.93. The molecule has 0 radical (unpaired) electrons. The van der Waals surface area contributed by atoms with E-state index in [2.05, 4.69) is 20.2 Å². The summed E-state index contributed by atoms with van der Waals surface area (Å²) < 4.78 is 0. The maximum atomic E-state index is 11.9. The van der Waals surface area contributed by atoms with Crippen LogP contribution in [0.25, 0.3) is 10.3 Å². The monoisotopic (exact) mass is 305 g/mol. The number of amides is 2.